The van der Waals surface area contributed by atoms with Crippen molar-refractivity contribution in [1.82, 2.24) is 14.0 Å². The Hall–Kier alpha value is -1.36. The van der Waals surface area contributed by atoms with Gasteiger partial charge in [-0.25, -0.2) is 4.98 Å². The topological polar surface area (TPSA) is 42.7 Å². The summed E-state index contributed by atoms with van der Waals surface area (Å²) < 4.78 is 6.11. The number of aryl methyl sites for hydroxylation is 3. The molecule has 2 rings (SSSR count). The zero-order valence-electron chi connectivity index (χ0n) is 8.40. The number of hydrogen-bond acceptors (Lipinski definition) is 4. The van der Waals surface area contributed by atoms with E-state index < -0.39 is 0 Å². The van der Waals surface area contributed by atoms with Gasteiger partial charge in [-0.1, -0.05) is 0 Å². The molecule has 0 unspecified atom stereocenters. The molecule has 0 radical (unpaired) electrons. The van der Waals surface area contributed by atoms with Gasteiger partial charge in [0.1, 0.15) is 5.82 Å². The Balaban J connectivity index is 2.26. The minimum Gasteiger partial charge on any atom is -0.268 e. The molecule has 74 valence electrons. The Morgan fingerprint density at radius 3 is 2.36 bits per heavy atom. The summed E-state index contributed by atoms with van der Waals surface area (Å²) in [6, 6.07) is 4.13. The summed E-state index contributed by atoms with van der Waals surface area (Å²) in [5.41, 5.74) is 5.53. The fourth-order valence-electron chi connectivity index (χ4n) is 1.28. The molecule has 0 amide bonds. The van der Waals surface area contributed by atoms with Crippen LogP contribution in [0.15, 0.2) is 12.1 Å². The molecule has 0 atom stereocenters. The lowest BCUT2D eigenvalue weighted by molar-refractivity contribution is 0.876. The van der Waals surface area contributed by atoms with E-state index in [4.69, 9.17) is 0 Å². The van der Waals surface area contributed by atoms with Crippen LogP contribution in [0.4, 0.5) is 5.13 Å². The predicted molar refractivity (Wildman–Crippen MR) is 57.6 cm³/mol. The molecule has 0 aromatic carbocycles. The molecule has 1 N–H and O–H groups in total. The first kappa shape index (κ1) is 9.21. The molecular formula is C9H12N4S. The molecule has 0 aliphatic heterocycles. The Morgan fingerprint density at radius 1 is 1.21 bits per heavy atom. The van der Waals surface area contributed by atoms with Crippen molar-refractivity contribution in [2.75, 3.05) is 5.43 Å². The van der Waals surface area contributed by atoms with Crippen molar-refractivity contribution in [3.05, 3.63) is 29.3 Å². The van der Waals surface area contributed by atoms with Crippen molar-refractivity contribution >= 4 is 16.7 Å². The Labute approximate surface area is 86.7 Å². The number of aromatic nitrogens is 3. The van der Waals surface area contributed by atoms with Crippen LogP contribution in [0.25, 0.3) is 0 Å². The standard InChI is InChI=1S/C9H12N4S/c1-6-4-5-7(2)13(6)11-9-10-8(3)12-14-9/h4-5H,1-3H3,(H,10,11,12). The molecule has 5 heteroatoms. The minimum atomic E-state index is 0.806. The van der Waals surface area contributed by atoms with Crippen molar-refractivity contribution in [3.8, 4) is 0 Å². The Morgan fingerprint density at radius 2 is 1.86 bits per heavy atom. The highest BCUT2D eigenvalue weighted by atomic mass is 32.1. The average Bonchev–Trinajstić information content (AvgIpc) is 2.67. The molecule has 0 saturated heterocycles. The number of nitrogens with one attached hydrogen (secondary N) is 1. The third-order valence-electron chi connectivity index (χ3n) is 2.01. The van der Waals surface area contributed by atoms with E-state index in [0.717, 1.165) is 22.3 Å². The van der Waals surface area contributed by atoms with E-state index in [0.29, 0.717) is 0 Å². The van der Waals surface area contributed by atoms with Crippen LogP contribution in [0.5, 0.6) is 0 Å². The lowest BCUT2D eigenvalue weighted by atomic mass is 10.5. The molecule has 2 heterocycles. The van der Waals surface area contributed by atoms with Gasteiger partial charge in [0, 0.05) is 22.9 Å². The smallest absolute Gasteiger partial charge is 0.221 e. The van der Waals surface area contributed by atoms with Crippen LogP contribution in [-0.2, 0) is 0 Å². The molecule has 0 fully saturated rings. The van der Waals surface area contributed by atoms with E-state index >= 15 is 0 Å². The first-order valence-corrected chi connectivity index (χ1v) is 5.16. The number of rotatable bonds is 2. The van der Waals surface area contributed by atoms with Gasteiger partial charge in [-0.3, -0.25) is 10.1 Å². The Bertz CT molecular complexity index is 424. The number of anilines is 1. The molecule has 0 aliphatic rings. The third kappa shape index (κ3) is 1.63. The zero-order valence-corrected chi connectivity index (χ0v) is 9.22. The van der Waals surface area contributed by atoms with E-state index in [9.17, 15) is 0 Å². The van der Waals surface area contributed by atoms with E-state index in [-0.39, 0.29) is 0 Å². The molecule has 2 aromatic rings. The summed E-state index contributed by atoms with van der Waals surface area (Å²) in [7, 11) is 0. The number of nitrogens with zero attached hydrogens (tertiary/aromatic N) is 3. The van der Waals surface area contributed by atoms with Crippen LogP contribution >= 0.6 is 11.5 Å². The highest BCUT2D eigenvalue weighted by molar-refractivity contribution is 7.09. The normalized spacial score (nSPS) is 10.5. The zero-order chi connectivity index (χ0) is 10.1. The molecule has 0 spiro atoms. The first-order valence-electron chi connectivity index (χ1n) is 4.39. The van der Waals surface area contributed by atoms with Gasteiger partial charge in [0.25, 0.3) is 0 Å². The summed E-state index contributed by atoms with van der Waals surface area (Å²) in [6.45, 7) is 5.98. The summed E-state index contributed by atoms with van der Waals surface area (Å²) >= 11 is 1.37. The number of hydrogen-bond donors (Lipinski definition) is 1. The highest BCUT2D eigenvalue weighted by Gasteiger charge is 2.03. The van der Waals surface area contributed by atoms with Crippen molar-refractivity contribution in [1.29, 1.82) is 0 Å². The van der Waals surface area contributed by atoms with Gasteiger partial charge in [0.15, 0.2) is 0 Å². The monoisotopic (exact) mass is 208 g/mol. The minimum absolute atomic E-state index is 0.806. The SMILES string of the molecule is Cc1nsc(Nn2c(C)ccc2C)n1. The van der Waals surface area contributed by atoms with E-state index in [1.165, 1.54) is 11.5 Å². The second-order valence-electron chi connectivity index (χ2n) is 3.21. The quantitative estimate of drug-likeness (QED) is 0.822. The van der Waals surface area contributed by atoms with Gasteiger partial charge in [-0.05, 0) is 32.9 Å². The van der Waals surface area contributed by atoms with E-state index in [2.05, 4.69) is 26.9 Å². The maximum absolute atomic E-state index is 4.24. The Kier molecular flexibility index (Phi) is 2.25. The van der Waals surface area contributed by atoms with Crippen molar-refractivity contribution in [2.45, 2.75) is 20.8 Å². The maximum atomic E-state index is 4.24. The molecule has 4 nitrogen and oxygen atoms in total. The van der Waals surface area contributed by atoms with Crippen LogP contribution in [0.3, 0.4) is 0 Å². The summed E-state index contributed by atoms with van der Waals surface area (Å²) in [5.74, 6) is 0.806. The van der Waals surface area contributed by atoms with Crippen LogP contribution in [0, 0.1) is 20.8 Å². The van der Waals surface area contributed by atoms with Crippen molar-refractivity contribution in [3.63, 3.8) is 0 Å². The fourth-order valence-corrected chi connectivity index (χ4v) is 1.85. The molecular weight excluding hydrogens is 196 g/mol. The second kappa shape index (κ2) is 3.42. The van der Waals surface area contributed by atoms with Gasteiger partial charge in [-0.15, -0.1) is 0 Å². The van der Waals surface area contributed by atoms with Gasteiger partial charge in [-0.2, -0.15) is 4.37 Å². The summed E-state index contributed by atoms with van der Waals surface area (Å²) in [4.78, 5) is 4.24. The lowest BCUT2D eigenvalue weighted by Crippen LogP contribution is -2.11. The molecule has 2 aromatic heterocycles. The predicted octanol–water partition coefficient (Wildman–Crippen LogP) is 2.14. The first-order chi connectivity index (χ1) is 6.66. The van der Waals surface area contributed by atoms with Gasteiger partial charge in [0.05, 0.1) is 0 Å². The maximum Gasteiger partial charge on any atom is 0.221 e. The van der Waals surface area contributed by atoms with E-state index in [1.807, 2.05) is 25.4 Å². The van der Waals surface area contributed by atoms with Gasteiger partial charge in [0.2, 0.25) is 5.13 Å². The van der Waals surface area contributed by atoms with Crippen LogP contribution in [0.1, 0.15) is 17.2 Å². The van der Waals surface area contributed by atoms with E-state index in [1.54, 1.807) is 0 Å². The van der Waals surface area contributed by atoms with Gasteiger partial charge >= 0.3 is 0 Å². The largest absolute Gasteiger partial charge is 0.268 e. The summed E-state index contributed by atoms with van der Waals surface area (Å²) in [6.07, 6.45) is 0. The second-order valence-corrected chi connectivity index (χ2v) is 3.96. The van der Waals surface area contributed by atoms with Gasteiger partial charge < -0.3 is 0 Å². The fraction of sp³-hybridized carbons (Fsp3) is 0.333. The molecule has 0 bridgehead atoms. The molecule has 14 heavy (non-hydrogen) atoms. The van der Waals surface area contributed by atoms with Crippen LogP contribution in [0.2, 0.25) is 0 Å². The van der Waals surface area contributed by atoms with Crippen LogP contribution < -0.4 is 5.43 Å². The highest BCUT2D eigenvalue weighted by Crippen LogP contribution is 2.13. The van der Waals surface area contributed by atoms with Crippen molar-refractivity contribution in [2.24, 2.45) is 0 Å². The third-order valence-corrected chi connectivity index (χ3v) is 2.72. The lowest BCUT2D eigenvalue weighted by Gasteiger charge is -2.08. The molecule has 0 aliphatic carbocycles. The van der Waals surface area contributed by atoms with Crippen molar-refractivity contribution < 1.29 is 0 Å². The molecule has 0 saturated carbocycles. The average molecular weight is 208 g/mol. The van der Waals surface area contributed by atoms with Crippen LogP contribution in [-0.4, -0.2) is 14.0 Å². The summed E-state index contributed by atoms with van der Waals surface area (Å²) in [5, 5.41) is 0.824.